The van der Waals surface area contributed by atoms with Crippen LogP contribution in [0.5, 0.6) is 5.75 Å². The summed E-state index contributed by atoms with van der Waals surface area (Å²) >= 11 is 12.5. The van der Waals surface area contributed by atoms with Gasteiger partial charge in [0, 0.05) is 22.6 Å². The van der Waals surface area contributed by atoms with E-state index in [9.17, 15) is 18.0 Å². The van der Waals surface area contributed by atoms with Crippen molar-refractivity contribution in [1.29, 1.82) is 0 Å². The van der Waals surface area contributed by atoms with Crippen LogP contribution in [-0.2, 0) is 26.2 Å². The van der Waals surface area contributed by atoms with Crippen molar-refractivity contribution in [2.75, 3.05) is 18.0 Å². The lowest BCUT2D eigenvalue weighted by Gasteiger charge is -2.33. The molecule has 0 saturated heterocycles. The van der Waals surface area contributed by atoms with Crippen molar-refractivity contribution in [1.82, 2.24) is 10.2 Å². The fourth-order valence-electron chi connectivity index (χ4n) is 4.32. The fraction of sp³-hybridized carbons (Fsp3) is 0.333. The largest absolute Gasteiger partial charge is 0.497 e. The van der Waals surface area contributed by atoms with Gasteiger partial charge in [-0.1, -0.05) is 60.0 Å². The predicted octanol–water partition coefficient (Wildman–Crippen LogP) is 5.84. The van der Waals surface area contributed by atoms with Gasteiger partial charge in [-0.05, 0) is 75.2 Å². The molecule has 0 bridgehead atoms. The number of carbonyl (C=O) groups is 2. The van der Waals surface area contributed by atoms with Crippen molar-refractivity contribution < 1.29 is 22.7 Å². The Bertz CT molecular complexity index is 1460. The molecule has 0 aliphatic rings. The highest BCUT2D eigenvalue weighted by molar-refractivity contribution is 7.92. The lowest BCUT2D eigenvalue weighted by atomic mass is 10.1. The highest BCUT2D eigenvalue weighted by atomic mass is 35.5. The third-order valence-corrected chi connectivity index (χ3v) is 8.55. The summed E-state index contributed by atoms with van der Waals surface area (Å²) in [6.45, 7) is 6.76. The number of anilines is 1. The summed E-state index contributed by atoms with van der Waals surface area (Å²) in [6.07, 6.45) is 0.308. The molecule has 0 aliphatic carbocycles. The van der Waals surface area contributed by atoms with Crippen LogP contribution in [0.15, 0.2) is 71.6 Å². The van der Waals surface area contributed by atoms with E-state index >= 15 is 0 Å². The lowest BCUT2D eigenvalue weighted by molar-refractivity contribution is -0.140. The summed E-state index contributed by atoms with van der Waals surface area (Å²) in [5.74, 6) is -0.324. The zero-order valence-corrected chi connectivity index (χ0v) is 26.1. The van der Waals surface area contributed by atoms with E-state index in [2.05, 4.69) is 5.32 Å². The number of ether oxygens (including phenoxy) is 1. The molecule has 0 heterocycles. The SMILES string of the molecule is CCC(C(=O)NC(C)C)N(Cc1cccc(OC)c1)C(=O)CN(c1cc(Cl)cc(Cl)c1)S(=O)(=O)c1ccc(C)cc1. The summed E-state index contributed by atoms with van der Waals surface area (Å²) in [5, 5.41) is 3.29. The van der Waals surface area contributed by atoms with Crippen molar-refractivity contribution in [3.63, 3.8) is 0 Å². The van der Waals surface area contributed by atoms with Gasteiger partial charge in [0.05, 0.1) is 17.7 Å². The summed E-state index contributed by atoms with van der Waals surface area (Å²) in [4.78, 5) is 28.8. The van der Waals surface area contributed by atoms with Gasteiger partial charge in [-0.15, -0.1) is 0 Å². The first kappa shape index (κ1) is 32.2. The van der Waals surface area contributed by atoms with Crippen LogP contribution in [0.1, 0.15) is 38.3 Å². The number of hydrogen-bond acceptors (Lipinski definition) is 5. The molecule has 41 heavy (non-hydrogen) atoms. The van der Waals surface area contributed by atoms with Gasteiger partial charge in [0.25, 0.3) is 10.0 Å². The van der Waals surface area contributed by atoms with Gasteiger partial charge < -0.3 is 15.0 Å². The molecule has 0 aliphatic heterocycles. The highest BCUT2D eigenvalue weighted by Gasteiger charge is 2.34. The van der Waals surface area contributed by atoms with Crippen molar-refractivity contribution in [2.24, 2.45) is 0 Å². The van der Waals surface area contributed by atoms with Crippen LogP contribution >= 0.6 is 23.2 Å². The molecule has 3 rings (SSSR count). The van der Waals surface area contributed by atoms with Gasteiger partial charge >= 0.3 is 0 Å². The van der Waals surface area contributed by atoms with Gasteiger partial charge in [-0.2, -0.15) is 0 Å². The van der Waals surface area contributed by atoms with E-state index in [1.165, 1.54) is 42.3 Å². The third kappa shape index (κ3) is 8.38. The Morgan fingerprint density at radius 3 is 2.17 bits per heavy atom. The first-order valence-electron chi connectivity index (χ1n) is 13.1. The minimum atomic E-state index is -4.24. The smallest absolute Gasteiger partial charge is 0.264 e. The van der Waals surface area contributed by atoms with Crippen LogP contribution in [0.2, 0.25) is 10.0 Å². The lowest BCUT2D eigenvalue weighted by Crippen LogP contribution is -2.53. The topological polar surface area (TPSA) is 96.0 Å². The van der Waals surface area contributed by atoms with Crippen LogP contribution in [0.3, 0.4) is 0 Å². The summed E-state index contributed by atoms with van der Waals surface area (Å²) in [6, 6.07) is 16.8. The number of amides is 2. The second-order valence-corrected chi connectivity index (χ2v) is 12.6. The highest BCUT2D eigenvalue weighted by Crippen LogP contribution is 2.30. The van der Waals surface area contributed by atoms with Crippen LogP contribution in [0.4, 0.5) is 5.69 Å². The number of nitrogens with zero attached hydrogens (tertiary/aromatic N) is 2. The van der Waals surface area contributed by atoms with E-state index in [1.807, 2.05) is 26.8 Å². The van der Waals surface area contributed by atoms with Crippen molar-refractivity contribution >= 4 is 50.7 Å². The zero-order chi connectivity index (χ0) is 30.3. The number of sulfonamides is 1. The first-order valence-corrected chi connectivity index (χ1v) is 15.3. The Morgan fingerprint density at radius 2 is 1.61 bits per heavy atom. The van der Waals surface area contributed by atoms with E-state index in [0.717, 1.165) is 9.87 Å². The molecule has 0 aromatic heterocycles. The van der Waals surface area contributed by atoms with Gasteiger partial charge in [-0.25, -0.2) is 8.42 Å². The molecular weight excluding hydrogens is 585 g/mol. The first-order chi connectivity index (χ1) is 19.3. The maximum atomic E-state index is 14.1. The molecule has 3 aromatic carbocycles. The Hall–Kier alpha value is -3.27. The van der Waals surface area contributed by atoms with Crippen LogP contribution < -0.4 is 14.4 Å². The van der Waals surface area contributed by atoms with E-state index in [-0.39, 0.29) is 39.1 Å². The molecule has 1 unspecified atom stereocenters. The minimum Gasteiger partial charge on any atom is -0.497 e. The fourth-order valence-corrected chi connectivity index (χ4v) is 6.23. The van der Waals surface area contributed by atoms with Crippen molar-refractivity contribution in [3.8, 4) is 5.75 Å². The summed E-state index contributed by atoms with van der Waals surface area (Å²) < 4.78 is 34.2. The van der Waals surface area contributed by atoms with Crippen molar-refractivity contribution in [2.45, 2.75) is 57.6 Å². The molecule has 0 saturated carbocycles. The number of aryl methyl sites for hydroxylation is 1. The monoisotopic (exact) mass is 619 g/mol. The Morgan fingerprint density at radius 1 is 0.976 bits per heavy atom. The zero-order valence-electron chi connectivity index (χ0n) is 23.7. The Labute approximate surface area is 252 Å². The average molecular weight is 621 g/mol. The molecular formula is C30H35Cl2N3O5S. The number of methoxy groups -OCH3 is 1. The van der Waals surface area contributed by atoms with E-state index in [0.29, 0.717) is 17.7 Å². The number of rotatable bonds is 12. The van der Waals surface area contributed by atoms with Gasteiger partial charge in [0.2, 0.25) is 11.8 Å². The standard InChI is InChI=1S/C30H35Cl2N3O5S/c1-6-28(30(37)33-20(2)3)34(18-22-8-7-9-26(14-22)40-5)29(36)19-35(25-16-23(31)15-24(32)17-25)41(38,39)27-12-10-21(4)11-13-27/h7-17,20,28H,6,18-19H2,1-5H3,(H,33,37). The van der Waals surface area contributed by atoms with E-state index < -0.39 is 28.5 Å². The number of carbonyl (C=O) groups excluding carboxylic acids is 2. The minimum absolute atomic E-state index is 0.00376. The quantitative estimate of drug-likeness (QED) is 0.275. The average Bonchev–Trinajstić information content (AvgIpc) is 2.90. The molecule has 11 heteroatoms. The van der Waals surface area contributed by atoms with E-state index in [1.54, 1.807) is 37.3 Å². The molecule has 3 aromatic rings. The summed E-state index contributed by atoms with van der Waals surface area (Å²) in [5.41, 5.74) is 1.72. The molecule has 220 valence electrons. The molecule has 1 atom stereocenters. The number of hydrogen-bond donors (Lipinski definition) is 1. The molecule has 8 nitrogen and oxygen atoms in total. The molecule has 2 amide bonds. The van der Waals surface area contributed by atoms with Gasteiger partial charge in [0.15, 0.2) is 0 Å². The van der Waals surface area contributed by atoms with Crippen LogP contribution in [-0.4, -0.2) is 50.9 Å². The maximum absolute atomic E-state index is 14.1. The van der Waals surface area contributed by atoms with Crippen molar-refractivity contribution in [3.05, 3.63) is 87.9 Å². The molecule has 0 spiro atoms. The van der Waals surface area contributed by atoms with E-state index in [4.69, 9.17) is 27.9 Å². The second-order valence-electron chi connectivity index (χ2n) is 9.91. The van der Waals surface area contributed by atoms with Gasteiger partial charge in [0.1, 0.15) is 18.3 Å². The maximum Gasteiger partial charge on any atom is 0.264 e. The second kappa shape index (κ2) is 14.1. The number of benzene rings is 3. The third-order valence-electron chi connectivity index (χ3n) is 6.33. The summed E-state index contributed by atoms with van der Waals surface area (Å²) in [7, 11) is -2.70. The Balaban J connectivity index is 2.10. The molecule has 0 fully saturated rings. The van der Waals surface area contributed by atoms with Gasteiger partial charge in [-0.3, -0.25) is 13.9 Å². The molecule has 0 radical (unpaired) electrons. The number of halogens is 2. The molecule has 1 N–H and O–H groups in total. The Kier molecular flexibility index (Phi) is 11.1. The number of nitrogens with one attached hydrogen (secondary N) is 1. The van der Waals surface area contributed by atoms with Crippen LogP contribution in [0.25, 0.3) is 0 Å². The predicted molar refractivity (Wildman–Crippen MR) is 163 cm³/mol. The normalized spacial score (nSPS) is 12.1. The van der Waals surface area contributed by atoms with Crippen LogP contribution in [0, 0.1) is 6.92 Å².